The summed E-state index contributed by atoms with van der Waals surface area (Å²) in [5, 5.41) is 10.2. The fourth-order valence-electron chi connectivity index (χ4n) is 2.34. The molecular weight excluding hydrogens is 262 g/mol. The molecule has 0 aliphatic carbocycles. The van der Waals surface area contributed by atoms with Crippen molar-refractivity contribution >= 4 is 10.9 Å². The zero-order valence-electron chi connectivity index (χ0n) is 11.9. The number of nitrogens with zero attached hydrogens (tertiary/aromatic N) is 1. The second kappa shape index (κ2) is 5.94. The van der Waals surface area contributed by atoms with E-state index >= 15 is 0 Å². The van der Waals surface area contributed by atoms with Gasteiger partial charge < -0.3 is 9.84 Å². The highest BCUT2D eigenvalue weighted by atomic mass is 16.5. The first-order chi connectivity index (χ1) is 10.3. The summed E-state index contributed by atoms with van der Waals surface area (Å²) in [4.78, 5) is 4.59. The average Bonchev–Trinajstić information content (AvgIpc) is 2.50. The van der Waals surface area contributed by atoms with Crippen molar-refractivity contribution in [3.8, 4) is 11.6 Å². The maximum absolute atomic E-state index is 9.13. The maximum Gasteiger partial charge on any atom is 0.222 e. The summed E-state index contributed by atoms with van der Waals surface area (Å²) in [5.74, 6) is 1.36. The van der Waals surface area contributed by atoms with Gasteiger partial charge in [0, 0.05) is 17.6 Å². The number of aromatic nitrogens is 1. The number of rotatable bonds is 4. The van der Waals surface area contributed by atoms with Crippen LogP contribution in [0.2, 0.25) is 0 Å². The third-order valence-electron chi connectivity index (χ3n) is 3.43. The van der Waals surface area contributed by atoms with Gasteiger partial charge in [-0.25, -0.2) is 4.98 Å². The zero-order valence-corrected chi connectivity index (χ0v) is 11.9. The van der Waals surface area contributed by atoms with Crippen LogP contribution in [0.3, 0.4) is 0 Å². The Labute approximate surface area is 123 Å². The predicted octanol–water partition coefficient (Wildman–Crippen LogP) is 3.87. The van der Waals surface area contributed by atoms with Crippen molar-refractivity contribution in [2.75, 3.05) is 6.61 Å². The number of aryl methyl sites for hydroxylation is 1. The predicted molar refractivity (Wildman–Crippen MR) is 83.8 cm³/mol. The topological polar surface area (TPSA) is 42.4 Å². The van der Waals surface area contributed by atoms with Gasteiger partial charge in [0.1, 0.15) is 5.75 Å². The molecule has 2 aromatic carbocycles. The first-order valence-corrected chi connectivity index (χ1v) is 7.01. The fraction of sp³-hybridized carbons (Fsp3) is 0.167. The number of ether oxygens (including phenoxy) is 1. The molecule has 0 amide bonds. The molecule has 106 valence electrons. The molecule has 0 saturated carbocycles. The van der Waals surface area contributed by atoms with Crippen molar-refractivity contribution in [2.45, 2.75) is 13.3 Å². The number of benzene rings is 2. The molecule has 0 fully saturated rings. The number of pyridine rings is 1. The van der Waals surface area contributed by atoms with Gasteiger partial charge in [0.15, 0.2) is 0 Å². The highest BCUT2D eigenvalue weighted by molar-refractivity contribution is 5.80. The van der Waals surface area contributed by atoms with Gasteiger partial charge in [0.25, 0.3) is 0 Å². The SMILES string of the molecule is Cc1cc2ccccc2nc1Oc1ccccc1CCO. The number of aliphatic hydroxyl groups is 1. The van der Waals surface area contributed by atoms with Crippen LogP contribution in [0.25, 0.3) is 10.9 Å². The van der Waals surface area contributed by atoms with Crippen molar-refractivity contribution in [3.05, 3.63) is 65.7 Å². The lowest BCUT2D eigenvalue weighted by Gasteiger charge is -2.12. The zero-order chi connectivity index (χ0) is 14.7. The van der Waals surface area contributed by atoms with Gasteiger partial charge in [-0.2, -0.15) is 0 Å². The van der Waals surface area contributed by atoms with Gasteiger partial charge in [-0.05, 0) is 37.1 Å². The molecular formula is C18H17NO2. The van der Waals surface area contributed by atoms with Gasteiger partial charge in [-0.3, -0.25) is 0 Å². The summed E-state index contributed by atoms with van der Waals surface area (Å²) < 4.78 is 5.98. The smallest absolute Gasteiger partial charge is 0.222 e. The van der Waals surface area contributed by atoms with Gasteiger partial charge in [0.2, 0.25) is 5.88 Å². The van der Waals surface area contributed by atoms with Crippen LogP contribution in [0.1, 0.15) is 11.1 Å². The molecule has 0 bridgehead atoms. The summed E-state index contributed by atoms with van der Waals surface area (Å²) >= 11 is 0. The minimum absolute atomic E-state index is 0.102. The Morgan fingerprint density at radius 1 is 1.05 bits per heavy atom. The Kier molecular flexibility index (Phi) is 3.84. The highest BCUT2D eigenvalue weighted by Crippen LogP contribution is 2.28. The van der Waals surface area contributed by atoms with E-state index in [-0.39, 0.29) is 6.61 Å². The molecule has 3 rings (SSSR count). The number of aliphatic hydroxyl groups excluding tert-OH is 1. The normalized spacial score (nSPS) is 10.8. The molecule has 1 heterocycles. The molecule has 3 aromatic rings. The average molecular weight is 279 g/mol. The maximum atomic E-state index is 9.13. The van der Waals surface area contributed by atoms with E-state index < -0.39 is 0 Å². The van der Waals surface area contributed by atoms with Gasteiger partial charge in [-0.15, -0.1) is 0 Å². The Bertz CT molecular complexity index is 768. The van der Waals surface area contributed by atoms with E-state index in [0.29, 0.717) is 12.3 Å². The quantitative estimate of drug-likeness (QED) is 0.788. The van der Waals surface area contributed by atoms with E-state index in [1.165, 1.54) is 0 Å². The lowest BCUT2D eigenvalue weighted by Crippen LogP contribution is -1.97. The van der Waals surface area contributed by atoms with E-state index in [9.17, 15) is 0 Å². The van der Waals surface area contributed by atoms with Crippen LogP contribution in [0.5, 0.6) is 11.6 Å². The van der Waals surface area contributed by atoms with E-state index in [2.05, 4.69) is 11.1 Å². The Balaban J connectivity index is 2.00. The minimum Gasteiger partial charge on any atom is -0.438 e. The monoisotopic (exact) mass is 279 g/mol. The third-order valence-corrected chi connectivity index (χ3v) is 3.43. The molecule has 3 heteroatoms. The molecule has 0 aliphatic rings. The minimum atomic E-state index is 0.102. The van der Waals surface area contributed by atoms with Crippen molar-refractivity contribution in [2.24, 2.45) is 0 Å². The van der Waals surface area contributed by atoms with Crippen LogP contribution >= 0.6 is 0 Å². The largest absolute Gasteiger partial charge is 0.438 e. The van der Waals surface area contributed by atoms with Gasteiger partial charge in [0.05, 0.1) is 5.52 Å². The lowest BCUT2D eigenvalue weighted by molar-refractivity contribution is 0.297. The fourth-order valence-corrected chi connectivity index (χ4v) is 2.34. The molecule has 1 N–H and O–H groups in total. The molecule has 0 spiro atoms. The van der Waals surface area contributed by atoms with Gasteiger partial charge >= 0.3 is 0 Å². The molecule has 21 heavy (non-hydrogen) atoms. The molecule has 0 unspecified atom stereocenters. The third kappa shape index (κ3) is 2.88. The molecule has 3 nitrogen and oxygen atoms in total. The summed E-state index contributed by atoms with van der Waals surface area (Å²) in [6, 6.07) is 17.8. The Morgan fingerprint density at radius 3 is 2.67 bits per heavy atom. The van der Waals surface area contributed by atoms with Gasteiger partial charge in [-0.1, -0.05) is 36.4 Å². The van der Waals surface area contributed by atoms with Crippen LogP contribution in [-0.2, 0) is 6.42 Å². The molecule has 0 radical (unpaired) electrons. The van der Waals surface area contributed by atoms with Crippen LogP contribution in [0.4, 0.5) is 0 Å². The van der Waals surface area contributed by atoms with Crippen LogP contribution in [-0.4, -0.2) is 16.7 Å². The molecule has 1 aromatic heterocycles. The molecule has 0 saturated heterocycles. The first kappa shape index (κ1) is 13.6. The molecule has 0 atom stereocenters. The molecule has 0 aliphatic heterocycles. The summed E-state index contributed by atoms with van der Waals surface area (Å²) in [5.41, 5.74) is 2.89. The van der Waals surface area contributed by atoms with E-state index in [1.807, 2.05) is 55.5 Å². The van der Waals surface area contributed by atoms with E-state index in [0.717, 1.165) is 27.8 Å². The number of hydrogen-bond acceptors (Lipinski definition) is 3. The highest BCUT2D eigenvalue weighted by Gasteiger charge is 2.08. The summed E-state index contributed by atoms with van der Waals surface area (Å²) in [7, 11) is 0. The van der Waals surface area contributed by atoms with Crippen LogP contribution in [0, 0.1) is 6.92 Å². The van der Waals surface area contributed by atoms with E-state index in [4.69, 9.17) is 9.84 Å². The summed E-state index contributed by atoms with van der Waals surface area (Å²) in [6.45, 7) is 2.09. The van der Waals surface area contributed by atoms with Crippen LogP contribution in [0.15, 0.2) is 54.6 Å². The number of hydrogen-bond donors (Lipinski definition) is 1. The first-order valence-electron chi connectivity index (χ1n) is 7.01. The number of fused-ring (bicyclic) bond motifs is 1. The second-order valence-electron chi connectivity index (χ2n) is 4.99. The van der Waals surface area contributed by atoms with E-state index in [1.54, 1.807) is 0 Å². The van der Waals surface area contributed by atoms with Crippen molar-refractivity contribution in [1.82, 2.24) is 4.98 Å². The standard InChI is InChI=1S/C18H17NO2/c1-13-12-15-7-2-4-8-16(15)19-18(13)21-17-9-5-3-6-14(17)10-11-20/h2-9,12,20H,10-11H2,1H3. The lowest BCUT2D eigenvalue weighted by atomic mass is 10.1. The summed E-state index contributed by atoms with van der Waals surface area (Å²) in [6.07, 6.45) is 0.572. The van der Waals surface area contributed by atoms with Crippen molar-refractivity contribution in [1.29, 1.82) is 0 Å². The van der Waals surface area contributed by atoms with Crippen molar-refractivity contribution in [3.63, 3.8) is 0 Å². The van der Waals surface area contributed by atoms with Crippen molar-refractivity contribution < 1.29 is 9.84 Å². The Morgan fingerprint density at radius 2 is 1.81 bits per heavy atom. The second-order valence-corrected chi connectivity index (χ2v) is 4.99. The van der Waals surface area contributed by atoms with Crippen LogP contribution < -0.4 is 4.74 Å². The number of para-hydroxylation sites is 2. The Hall–Kier alpha value is -2.39.